The van der Waals surface area contributed by atoms with Crippen LogP contribution >= 0.6 is 0 Å². The van der Waals surface area contributed by atoms with Crippen LogP contribution in [0.1, 0.15) is 19.7 Å². The van der Waals surface area contributed by atoms with Gasteiger partial charge in [0.25, 0.3) is 0 Å². The van der Waals surface area contributed by atoms with Crippen molar-refractivity contribution >= 4 is 11.5 Å². The van der Waals surface area contributed by atoms with Crippen molar-refractivity contribution in [3.63, 3.8) is 0 Å². The van der Waals surface area contributed by atoms with E-state index in [-0.39, 0.29) is 11.9 Å². The molecule has 110 valence electrons. The van der Waals surface area contributed by atoms with Crippen LogP contribution in [0.15, 0.2) is 48.6 Å². The molecule has 0 bridgehead atoms. The summed E-state index contributed by atoms with van der Waals surface area (Å²) in [6, 6.07) is 3.58. The predicted octanol–water partition coefficient (Wildman–Crippen LogP) is 3.08. The molecule has 0 aliphatic rings. The summed E-state index contributed by atoms with van der Waals surface area (Å²) in [4.78, 5) is 0. The number of alkyl halides is 1. The molecule has 1 N–H and O–H groups in total. The van der Waals surface area contributed by atoms with Gasteiger partial charge >= 0.3 is 0 Å². The van der Waals surface area contributed by atoms with Gasteiger partial charge in [0.15, 0.2) is 18.1 Å². The normalized spacial score (nSPS) is 13.8. The molecule has 0 amide bonds. The molecule has 0 radical (unpaired) electrons. The van der Waals surface area contributed by atoms with E-state index < -0.39 is 6.67 Å². The maximum absolute atomic E-state index is 12.8. The molecule has 0 aliphatic heterocycles. The molecule has 0 aromatic carbocycles. The number of nitrogens with one attached hydrogen (secondary N) is 1. The van der Waals surface area contributed by atoms with Crippen LogP contribution in [-0.2, 0) is 6.67 Å². The zero-order valence-corrected chi connectivity index (χ0v) is 12.1. The Kier molecular flexibility index (Phi) is 4.81. The minimum absolute atomic E-state index is 0.0365. The third-order valence-electron chi connectivity index (χ3n) is 2.98. The Hall–Kier alpha value is -2.50. The third kappa shape index (κ3) is 3.34. The number of allylic oxidation sites excluding steroid dienone is 3. The molecule has 0 unspecified atom stereocenters. The first kappa shape index (κ1) is 14.9. The van der Waals surface area contributed by atoms with Gasteiger partial charge in [0.2, 0.25) is 0 Å². The van der Waals surface area contributed by atoms with Crippen molar-refractivity contribution < 1.29 is 4.39 Å². The first-order valence-corrected chi connectivity index (χ1v) is 6.68. The zero-order chi connectivity index (χ0) is 15.2. The molecule has 2 aromatic rings. The zero-order valence-electron chi connectivity index (χ0n) is 12.1. The number of rotatable bonds is 6. The van der Waals surface area contributed by atoms with Gasteiger partial charge in [-0.2, -0.15) is 4.52 Å². The fourth-order valence-electron chi connectivity index (χ4n) is 1.97. The molecule has 0 saturated carbocycles. The van der Waals surface area contributed by atoms with Crippen LogP contribution in [-0.4, -0.2) is 25.9 Å². The van der Waals surface area contributed by atoms with Gasteiger partial charge in [0, 0.05) is 6.04 Å². The van der Waals surface area contributed by atoms with E-state index in [2.05, 4.69) is 27.2 Å². The van der Waals surface area contributed by atoms with Crippen molar-refractivity contribution in [1.82, 2.24) is 19.8 Å². The molecule has 2 aromatic heterocycles. The number of fused-ring (bicyclic) bond motifs is 1. The van der Waals surface area contributed by atoms with E-state index in [4.69, 9.17) is 0 Å². The van der Waals surface area contributed by atoms with E-state index in [1.54, 1.807) is 18.2 Å². The fraction of sp³-hybridized carbons (Fsp3) is 0.267. The largest absolute Gasteiger partial charge is 0.362 e. The summed E-state index contributed by atoms with van der Waals surface area (Å²) in [5.74, 6) is 0.820. The SMILES string of the molecule is C=C/C=C(\C=C/C)[C@@H](C)Nc1ccc2nnc(CF)n2n1. The number of aromatic nitrogens is 4. The maximum atomic E-state index is 12.8. The minimum Gasteiger partial charge on any atom is -0.362 e. The molecule has 5 nitrogen and oxygen atoms in total. The van der Waals surface area contributed by atoms with Crippen molar-refractivity contribution in [2.24, 2.45) is 0 Å². The number of halogens is 1. The highest BCUT2D eigenvalue weighted by molar-refractivity contribution is 5.46. The molecule has 0 fully saturated rings. The lowest BCUT2D eigenvalue weighted by molar-refractivity contribution is 0.457. The van der Waals surface area contributed by atoms with E-state index in [1.807, 2.05) is 32.1 Å². The Bertz CT molecular complexity index is 686. The average Bonchev–Trinajstić information content (AvgIpc) is 2.89. The Labute approximate surface area is 122 Å². The summed E-state index contributed by atoms with van der Waals surface area (Å²) in [5, 5.41) is 15.2. The summed E-state index contributed by atoms with van der Waals surface area (Å²) in [5.41, 5.74) is 1.60. The highest BCUT2D eigenvalue weighted by Crippen LogP contribution is 2.13. The van der Waals surface area contributed by atoms with Crippen LogP contribution in [0, 0.1) is 0 Å². The van der Waals surface area contributed by atoms with E-state index in [0.717, 1.165) is 5.57 Å². The lowest BCUT2D eigenvalue weighted by atomic mass is 10.1. The van der Waals surface area contributed by atoms with Crippen LogP contribution in [0.3, 0.4) is 0 Å². The third-order valence-corrected chi connectivity index (χ3v) is 2.98. The van der Waals surface area contributed by atoms with Crippen molar-refractivity contribution in [2.45, 2.75) is 26.6 Å². The Morgan fingerprint density at radius 2 is 2.29 bits per heavy atom. The van der Waals surface area contributed by atoms with E-state index >= 15 is 0 Å². The predicted molar refractivity (Wildman–Crippen MR) is 81.8 cm³/mol. The van der Waals surface area contributed by atoms with Gasteiger partial charge in [-0.15, -0.1) is 15.3 Å². The van der Waals surface area contributed by atoms with Crippen molar-refractivity contribution in [1.29, 1.82) is 0 Å². The van der Waals surface area contributed by atoms with Crippen LogP contribution in [0.4, 0.5) is 10.2 Å². The van der Waals surface area contributed by atoms with Crippen LogP contribution in [0.25, 0.3) is 5.65 Å². The van der Waals surface area contributed by atoms with E-state index in [1.165, 1.54) is 4.52 Å². The summed E-state index contributed by atoms with van der Waals surface area (Å²) < 4.78 is 14.2. The fourth-order valence-corrected chi connectivity index (χ4v) is 1.97. The Morgan fingerprint density at radius 3 is 2.95 bits per heavy atom. The van der Waals surface area contributed by atoms with Crippen LogP contribution in [0.2, 0.25) is 0 Å². The maximum Gasteiger partial charge on any atom is 0.185 e. The first-order valence-electron chi connectivity index (χ1n) is 6.68. The standard InChI is InChI=1S/C15H18FN5/c1-4-6-12(7-5-2)11(3)17-13-8-9-14-18-19-15(10-16)21(14)20-13/h4-9,11H,1,10H2,2-3H3,(H,17,20)/b7-5-,12-6+/t11-/m1/s1. The lowest BCUT2D eigenvalue weighted by Crippen LogP contribution is -2.18. The first-order chi connectivity index (χ1) is 10.2. The molecule has 2 rings (SSSR count). The van der Waals surface area contributed by atoms with Gasteiger partial charge in [0.1, 0.15) is 5.82 Å². The summed E-state index contributed by atoms with van der Waals surface area (Å²) in [6.45, 7) is 6.99. The smallest absolute Gasteiger partial charge is 0.185 e. The monoisotopic (exact) mass is 287 g/mol. The number of nitrogens with zero attached hydrogens (tertiary/aromatic N) is 4. The molecule has 21 heavy (non-hydrogen) atoms. The Balaban J connectivity index is 2.26. The average molecular weight is 287 g/mol. The minimum atomic E-state index is -0.701. The van der Waals surface area contributed by atoms with Crippen molar-refractivity contribution in [2.75, 3.05) is 5.32 Å². The molecule has 0 spiro atoms. The second kappa shape index (κ2) is 6.78. The topological polar surface area (TPSA) is 55.1 Å². The number of hydrogen-bond acceptors (Lipinski definition) is 4. The van der Waals surface area contributed by atoms with Crippen LogP contribution in [0.5, 0.6) is 0 Å². The highest BCUT2D eigenvalue weighted by Gasteiger charge is 2.10. The molecular formula is C15H18FN5. The van der Waals surface area contributed by atoms with E-state index in [9.17, 15) is 4.39 Å². The summed E-state index contributed by atoms with van der Waals surface area (Å²) in [7, 11) is 0. The van der Waals surface area contributed by atoms with Crippen molar-refractivity contribution in [3.8, 4) is 0 Å². The van der Waals surface area contributed by atoms with E-state index in [0.29, 0.717) is 11.5 Å². The molecule has 6 heteroatoms. The highest BCUT2D eigenvalue weighted by atomic mass is 19.1. The summed E-state index contributed by atoms with van der Waals surface area (Å²) >= 11 is 0. The molecule has 1 atom stereocenters. The van der Waals surface area contributed by atoms with Gasteiger partial charge in [-0.1, -0.05) is 30.9 Å². The molecule has 2 heterocycles. The Morgan fingerprint density at radius 1 is 1.48 bits per heavy atom. The molecular weight excluding hydrogens is 269 g/mol. The van der Waals surface area contributed by atoms with Gasteiger partial charge in [-0.3, -0.25) is 0 Å². The molecule has 0 aliphatic carbocycles. The second-order valence-electron chi connectivity index (χ2n) is 4.51. The van der Waals surface area contributed by atoms with Gasteiger partial charge < -0.3 is 5.32 Å². The number of hydrogen-bond donors (Lipinski definition) is 1. The van der Waals surface area contributed by atoms with Gasteiger partial charge in [-0.05, 0) is 31.6 Å². The van der Waals surface area contributed by atoms with Gasteiger partial charge in [0.05, 0.1) is 0 Å². The second-order valence-corrected chi connectivity index (χ2v) is 4.51. The van der Waals surface area contributed by atoms with Gasteiger partial charge in [-0.25, -0.2) is 4.39 Å². The van der Waals surface area contributed by atoms with Crippen LogP contribution < -0.4 is 5.32 Å². The van der Waals surface area contributed by atoms with Crippen molar-refractivity contribution in [3.05, 3.63) is 54.4 Å². The lowest BCUT2D eigenvalue weighted by Gasteiger charge is -2.15. The quantitative estimate of drug-likeness (QED) is 0.830. The molecule has 0 saturated heterocycles. The summed E-state index contributed by atoms with van der Waals surface area (Å²) in [6.07, 6.45) is 7.64. The number of anilines is 1.